The molecule has 0 bridgehead atoms. The fourth-order valence-corrected chi connectivity index (χ4v) is 4.01. The molecule has 0 saturated carbocycles. The number of amides is 2. The van der Waals surface area contributed by atoms with Gasteiger partial charge in [0.2, 0.25) is 11.8 Å². The normalized spacial score (nSPS) is 21.1. The smallest absolute Gasteiger partial charge is 0.250 e. The van der Waals surface area contributed by atoms with Crippen LogP contribution in [0.5, 0.6) is 0 Å². The highest BCUT2D eigenvalue weighted by atomic mass is 19.3. The predicted molar refractivity (Wildman–Crippen MR) is 119 cm³/mol. The van der Waals surface area contributed by atoms with E-state index in [1.807, 2.05) is 48.5 Å². The topological polar surface area (TPSA) is 73.5 Å². The summed E-state index contributed by atoms with van der Waals surface area (Å²) in [7, 11) is 0. The third-order valence-corrected chi connectivity index (χ3v) is 5.96. The number of carbonyl (C=O) groups is 2. The number of rotatable bonds is 7. The Hall–Kier alpha value is -3.00. The first-order valence-electron chi connectivity index (χ1n) is 11.0. The highest BCUT2D eigenvalue weighted by molar-refractivity contribution is 6.01. The predicted octanol–water partition coefficient (Wildman–Crippen LogP) is 3.75. The molecule has 2 aromatic carbocycles. The van der Waals surface area contributed by atoms with Gasteiger partial charge in [-0.05, 0) is 35.7 Å². The fourth-order valence-electron chi connectivity index (χ4n) is 4.01. The molecule has 2 saturated heterocycles. The molecule has 1 unspecified atom stereocenters. The summed E-state index contributed by atoms with van der Waals surface area (Å²) in [6.07, 6.45) is 0.690. The van der Waals surface area contributed by atoms with E-state index in [0.717, 1.165) is 22.5 Å². The molecule has 0 aromatic heterocycles. The lowest BCUT2D eigenvalue weighted by molar-refractivity contribution is -0.133. The minimum atomic E-state index is -2.51. The van der Waals surface area contributed by atoms with E-state index in [9.17, 15) is 18.4 Å². The SMILES string of the molecule is O=C1CCC(Nc2cccc(NCc3ccc(CN4CCC(F)(F)CC4)cc3)c2)C(=O)N1. The number of carbonyl (C=O) groups excluding carboxylic acids is 2. The summed E-state index contributed by atoms with van der Waals surface area (Å²) < 4.78 is 26.6. The third-order valence-electron chi connectivity index (χ3n) is 5.96. The lowest BCUT2D eigenvalue weighted by Gasteiger charge is -2.31. The van der Waals surface area contributed by atoms with Crippen molar-refractivity contribution in [3.05, 3.63) is 59.7 Å². The van der Waals surface area contributed by atoms with Crippen molar-refractivity contribution in [2.45, 2.75) is 50.7 Å². The summed E-state index contributed by atoms with van der Waals surface area (Å²) in [5.74, 6) is -3.04. The van der Waals surface area contributed by atoms with Crippen molar-refractivity contribution >= 4 is 23.2 Å². The van der Waals surface area contributed by atoms with Crippen LogP contribution in [0.2, 0.25) is 0 Å². The van der Waals surface area contributed by atoms with Crippen molar-refractivity contribution in [1.82, 2.24) is 10.2 Å². The van der Waals surface area contributed by atoms with Crippen LogP contribution in [0.4, 0.5) is 20.2 Å². The first kappa shape index (κ1) is 22.2. The number of nitrogens with one attached hydrogen (secondary N) is 3. The Kier molecular flexibility index (Phi) is 6.69. The van der Waals surface area contributed by atoms with Gasteiger partial charge in [0, 0.05) is 56.8 Å². The van der Waals surface area contributed by atoms with E-state index in [-0.39, 0.29) is 24.7 Å². The molecule has 2 aromatic rings. The number of benzene rings is 2. The maximum atomic E-state index is 13.3. The molecule has 2 aliphatic heterocycles. The van der Waals surface area contributed by atoms with E-state index >= 15 is 0 Å². The number of nitrogens with zero attached hydrogens (tertiary/aromatic N) is 1. The number of piperidine rings is 2. The average Bonchev–Trinajstić information content (AvgIpc) is 2.77. The van der Waals surface area contributed by atoms with Gasteiger partial charge in [0.15, 0.2) is 0 Å². The molecule has 2 heterocycles. The molecular weight excluding hydrogens is 414 g/mol. The van der Waals surface area contributed by atoms with Crippen LogP contribution in [-0.2, 0) is 22.7 Å². The summed E-state index contributed by atoms with van der Waals surface area (Å²) in [5.41, 5.74) is 3.96. The second-order valence-electron chi connectivity index (χ2n) is 8.53. The molecule has 8 heteroatoms. The Morgan fingerprint density at radius 3 is 2.41 bits per heavy atom. The van der Waals surface area contributed by atoms with Gasteiger partial charge in [0.05, 0.1) is 0 Å². The molecule has 1 atom stereocenters. The third kappa shape index (κ3) is 6.03. The molecule has 2 amide bonds. The van der Waals surface area contributed by atoms with E-state index in [0.29, 0.717) is 39.0 Å². The summed E-state index contributed by atoms with van der Waals surface area (Å²) >= 11 is 0. The second kappa shape index (κ2) is 9.65. The molecule has 6 nitrogen and oxygen atoms in total. The molecule has 0 aliphatic carbocycles. The van der Waals surface area contributed by atoms with Crippen LogP contribution < -0.4 is 16.0 Å². The van der Waals surface area contributed by atoms with Gasteiger partial charge in [0.1, 0.15) is 6.04 Å². The second-order valence-corrected chi connectivity index (χ2v) is 8.53. The van der Waals surface area contributed by atoms with Crippen molar-refractivity contribution in [3.8, 4) is 0 Å². The van der Waals surface area contributed by atoms with E-state index < -0.39 is 12.0 Å². The highest BCUT2D eigenvalue weighted by Gasteiger charge is 2.33. The van der Waals surface area contributed by atoms with Crippen LogP contribution in [0.3, 0.4) is 0 Å². The Bertz CT molecular complexity index is 955. The quantitative estimate of drug-likeness (QED) is 0.570. The van der Waals surface area contributed by atoms with Gasteiger partial charge in [-0.15, -0.1) is 0 Å². The Morgan fingerprint density at radius 1 is 1.00 bits per heavy atom. The molecule has 2 fully saturated rings. The number of imide groups is 1. The zero-order valence-corrected chi connectivity index (χ0v) is 17.9. The van der Waals surface area contributed by atoms with Crippen LogP contribution in [0.25, 0.3) is 0 Å². The van der Waals surface area contributed by atoms with Crippen molar-refractivity contribution in [3.63, 3.8) is 0 Å². The van der Waals surface area contributed by atoms with Crippen molar-refractivity contribution < 1.29 is 18.4 Å². The first-order chi connectivity index (χ1) is 15.4. The molecule has 3 N–H and O–H groups in total. The van der Waals surface area contributed by atoms with Crippen LogP contribution in [-0.4, -0.2) is 41.8 Å². The van der Waals surface area contributed by atoms with E-state index in [4.69, 9.17) is 0 Å². The van der Waals surface area contributed by atoms with Crippen molar-refractivity contribution in [2.24, 2.45) is 0 Å². The number of halogens is 2. The Morgan fingerprint density at radius 2 is 1.69 bits per heavy atom. The van der Waals surface area contributed by atoms with Crippen LogP contribution in [0.1, 0.15) is 36.8 Å². The summed E-state index contributed by atoms with van der Waals surface area (Å²) in [6.45, 7) is 2.19. The van der Waals surface area contributed by atoms with Crippen molar-refractivity contribution in [1.29, 1.82) is 0 Å². The summed E-state index contributed by atoms with van der Waals surface area (Å²) in [4.78, 5) is 25.3. The molecule has 0 radical (unpaired) electrons. The number of anilines is 2. The van der Waals surface area contributed by atoms with E-state index in [1.54, 1.807) is 0 Å². The monoisotopic (exact) mass is 442 g/mol. The fraction of sp³-hybridized carbons (Fsp3) is 0.417. The van der Waals surface area contributed by atoms with Gasteiger partial charge in [-0.25, -0.2) is 8.78 Å². The van der Waals surface area contributed by atoms with Crippen LogP contribution >= 0.6 is 0 Å². The zero-order chi connectivity index (χ0) is 22.6. The number of hydrogen-bond acceptors (Lipinski definition) is 5. The largest absolute Gasteiger partial charge is 0.381 e. The summed E-state index contributed by atoms with van der Waals surface area (Å²) in [6, 6.07) is 15.5. The summed E-state index contributed by atoms with van der Waals surface area (Å²) in [5, 5.41) is 8.92. The number of hydrogen-bond donors (Lipinski definition) is 3. The van der Waals surface area contributed by atoms with Gasteiger partial charge in [0.25, 0.3) is 5.92 Å². The maximum absolute atomic E-state index is 13.3. The molecule has 32 heavy (non-hydrogen) atoms. The van der Waals surface area contributed by atoms with Gasteiger partial charge in [-0.2, -0.15) is 0 Å². The minimum absolute atomic E-state index is 0.0630. The van der Waals surface area contributed by atoms with Crippen LogP contribution in [0, 0.1) is 0 Å². The molecular formula is C24H28F2N4O2. The Balaban J connectivity index is 1.27. The molecule has 0 spiro atoms. The molecule has 170 valence electrons. The average molecular weight is 443 g/mol. The van der Waals surface area contributed by atoms with Gasteiger partial charge < -0.3 is 10.6 Å². The maximum Gasteiger partial charge on any atom is 0.250 e. The van der Waals surface area contributed by atoms with Gasteiger partial charge in [-0.1, -0.05) is 30.3 Å². The Labute approximate surface area is 186 Å². The minimum Gasteiger partial charge on any atom is -0.381 e. The number of likely N-dealkylation sites (tertiary alicyclic amines) is 1. The lowest BCUT2D eigenvalue weighted by atomic mass is 10.1. The van der Waals surface area contributed by atoms with Crippen molar-refractivity contribution in [2.75, 3.05) is 23.7 Å². The van der Waals surface area contributed by atoms with E-state index in [1.165, 1.54) is 0 Å². The highest BCUT2D eigenvalue weighted by Crippen LogP contribution is 2.28. The zero-order valence-electron chi connectivity index (χ0n) is 17.9. The lowest BCUT2D eigenvalue weighted by Crippen LogP contribution is -2.47. The number of alkyl halides is 2. The molecule has 2 aliphatic rings. The van der Waals surface area contributed by atoms with Crippen LogP contribution in [0.15, 0.2) is 48.5 Å². The standard InChI is InChI=1S/C24H28F2N4O2/c25-24(26)10-12-30(13-11-24)16-18-6-4-17(5-7-18)15-27-19-2-1-3-20(14-19)28-21-8-9-22(31)29-23(21)32/h1-7,14,21,27-28H,8-13,15-16H2,(H,29,31,32). The van der Waals surface area contributed by atoms with Gasteiger partial charge in [-0.3, -0.25) is 19.8 Å². The van der Waals surface area contributed by atoms with E-state index in [2.05, 4.69) is 20.9 Å². The van der Waals surface area contributed by atoms with Gasteiger partial charge >= 0.3 is 0 Å². The molecule has 4 rings (SSSR count). The first-order valence-corrected chi connectivity index (χ1v) is 11.0.